The number of fused-ring (bicyclic) bond motifs is 2. The zero-order valence-corrected chi connectivity index (χ0v) is 17.8. The average molecular weight is 420 g/mol. The predicted molar refractivity (Wildman–Crippen MR) is 115 cm³/mol. The second-order valence-electron chi connectivity index (χ2n) is 9.16. The molecule has 0 saturated carbocycles. The number of likely N-dealkylation sites (tertiary alicyclic amines) is 1. The average Bonchev–Trinajstić information content (AvgIpc) is 3.34. The lowest BCUT2D eigenvalue weighted by atomic mass is 9.87. The van der Waals surface area contributed by atoms with Gasteiger partial charge in [0.15, 0.2) is 5.58 Å². The van der Waals surface area contributed by atoms with E-state index in [1.807, 2.05) is 17.0 Å². The summed E-state index contributed by atoms with van der Waals surface area (Å²) in [6, 6.07) is 11.1. The third-order valence-electron chi connectivity index (χ3n) is 6.10. The van der Waals surface area contributed by atoms with E-state index in [1.165, 1.54) is 0 Å². The van der Waals surface area contributed by atoms with E-state index in [0.717, 1.165) is 11.1 Å². The summed E-state index contributed by atoms with van der Waals surface area (Å²) in [5, 5.41) is 7.58. The van der Waals surface area contributed by atoms with Crippen LogP contribution in [-0.2, 0) is 5.41 Å². The third kappa shape index (κ3) is 3.41. The van der Waals surface area contributed by atoms with Gasteiger partial charge in [-0.2, -0.15) is 0 Å². The van der Waals surface area contributed by atoms with Crippen LogP contribution < -0.4 is 5.76 Å². The zero-order valence-electron chi connectivity index (χ0n) is 17.8. The Kier molecular flexibility index (Phi) is 4.46. The summed E-state index contributed by atoms with van der Waals surface area (Å²) in [5.74, 6) is -0.391. The van der Waals surface area contributed by atoms with Gasteiger partial charge >= 0.3 is 5.76 Å². The molecule has 3 heterocycles. The fourth-order valence-electron chi connectivity index (χ4n) is 4.27. The maximum absolute atomic E-state index is 13.0. The van der Waals surface area contributed by atoms with Crippen LogP contribution in [0.4, 0.5) is 0 Å². The molecule has 2 aromatic heterocycles. The van der Waals surface area contributed by atoms with Crippen LogP contribution in [0.2, 0.25) is 0 Å². The van der Waals surface area contributed by atoms with Crippen LogP contribution in [0.5, 0.6) is 0 Å². The van der Waals surface area contributed by atoms with Gasteiger partial charge in [0.2, 0.25) is 0 Å². The van der Waals surface area contributed by atoms with E-state index in [4.69, 9.17) is 9.05 Å². The van der Waals surface area contributed by atoms with Gasteiger partial charge in [-0.1, -0.05) is 26.8 Å². The maximum atomic E-state index is 13.0. The standard InChI is InChI=1S/C23H24N4O4/c1-23(2,3)15-5-7-20-19(13-15)27(22(29)30-20)16-8-10-26(11-9-16)21(28)14-4-6-17-18(12-14)25-31-24-17/h4-7,12-13,16H,8-11H2,1-3H3. The van der Waals surface area contributed by atoms with Crippen LogP contribution in [0.25, 0.3) is 22.1 Å². The van der Waals surface area contributed by atoms with E-state index >= 15 is 0 Å². The van der Waals surface area contributed by atoms with E-state index in [2.05, 4.69) is 37.2 Å². The molecule has 0 spiro atoms. The highest BCUT2D eigenvalue weighted by Crippen LogP contribution is 2.30. The molecule has 1 aliphatic heterocycles. The molecule has 160 valence electrons. The first-order valence-corrected chi connectivity index (χ1v) is 10.5. The number of nitrogens with zero attached hydrogens (tertiary/aromatic N) is 4. The van der Waals surface area contributed by atoms with Crippen LogP contribution in [0.1, 0.15) is 55.6 Å². The number of hydrogen-bond acceptors (Lipinski definition) is 6. The third-order valence-corrected chi connectivity index (χ3v) is 6.10. The number of carbonyl (C=O) groups excluding carboxylic acids is 1. The van der Waals surface area contributed by atoms with Gasteiger partial charge in [0, 0.05) is 24.7 Å². The van der Waals surface area contributed by atoms with Gasteiger partial charge in [-0.05, 0) is 64.5 Å². The van der Waals surface area contributed by atoms with Gasteiger partial charge in [-0.3, -0.25) is 9.36 Å². The van der Waals surface area contributed by atoms with Crippen molar-refractivity contribution in [2.45, 2.75) is 45.1 Å². The van der Waals surface area contributed by atoms with E-state index in [0.29, 0.717) is 48.1 Å². The molecule has 0 aliphatic carbocycles. The van der Waals surface area contributed by atoms with Crippen molar-refractivity contribution < 1.29 is 13.8 Å². The number of carbonyl (C=O) groups is 1. The molecule has 8 nitrogen and oxygen atoms in total. The monoisotopic (exact) mass is 420 g/mol. The Bertz CT molecular complexity index is 1330. The second-order valence-corrected chi connectivity index (χ2v) is 9.16. The van der Waals surface area contributed by atoms with E-state index in [1.54, 1.807) is 22.8 Å². The molecule has 0 radical (unpaired) electrons. The van der Waals surface area contributed by atoms with E-state index < -0.39 is 0 Å². The minimum atomic E-state index is -0.338. The van der Waals surface area contributed by atoms with Crippen molar-refractivity contribution in [2.24, 2.45) is 0 Å². The molecule has 0 N–H and O–H groups in total. The number of aromatic nitrogens is 3. The molecule has 5 rings (SSSR count). The van der Waals surface area contributed by atoms with Gasteiger partial charge in [-0.25, -0.2) is 9.42 Å². The highest BCUT2D eigenvalue weighted by Gasteiger charge is 2.28. The predicted octanol–water partition coefficient (Wildman–Crippen LogP) is 3.91. The number of piperidine rings is 1. The summed E-state index contributed by atoms with van der Waals surface area (Å²) in [4.78, 5) is 27.4. The lowest BCUT2D eigenvalue weighted by Crippen LogP contribution is -2.40. The van der Waals surface area contributed by atoms with Crippen molar-refractivity contribution in [1.82, 2.24) is 19.8 Å². The second kappa shape index (κ2) is 7.08. The largest absolute Gasteiger partial charge is 0.420 e. The zero-order chi connectivity index (χ0) is 21.8. The van der Waals surface area contributed by atoms with Gasteiger partial charge in [0.1, 0.15) is 11.0 Å². The van der Waals surface area contributed by atoms with Crippen molar-refractivity contribution >= 4 is 28.0 Å². The Labute approximate surface area is 178 Å². The van der Waals surface area contributed by atoms with Crippen molar-refractivity contribution in [3.63, 3.8) is 0 Å². The van der Waals surface area contributed by atoms with Crippen LogP contribution in [-0.4, -0.2) is 38.8 Å². The molecular formula is C23H24N4O4. The fourth-order valence-corrected chi connectivity index (χ4v) is 4.27. The molecule has 1 aliphatic rings. The van der Waals surface area contributed by atoms with E-state index in [9.17, 15) is 9.59 Å². The summed E-state index contributed by atoms with van der Waals surface area (Å²) < 4.78 is 12.0. The van der Waals surface area contributed by atoms with Crippen LogP contribution in [0.3, 0.4) is 0 Å². The van der Waals surface area contributed by atoms with Crippen molar-refractivity contribution in [1.29, 1.82) is 0 Å². The molecule has 1 amide bonds. The summed E-state index contributed by atoms with van der Waals surface area (Å²) in [7, 11) is 0. The molecule has 0 bridgehead atoms. The van der Waals surface area contributed by atoms with Crippen LogP contribution >= 0.6 is 0 Å². The molecule has 0 unspecified atom stereocenters. The normalized spacial score (nSPS) is 15.8. The number of oxazole rings is 1. The first kappa shape index (κ1) is 19.5. The highest BCUT2D eigenvalue weighted by molar-refractivity contribution is 5.97. The molecule has 2 aromatic carbocycles. The Balaban J connectivity index is 1.37. The van der Waals surface area contributed by atoms with Crippen LogP contribution in [0.15, 0.2) is 50.2 Å². The number of amides is 1. The molecular weight excluding hydrogens is 396 g/mol. The van der Waals surface area contributed by atoms with E-state index in [-0.39, 0.29) is 23.1 Å². The summed E-state index contributed by atoms with van der Waals surface area (Å²) >= 11 is 0. The molecule has 1 saturated heterocycles. The lowest BCUT2D eigenvalue weighted by molar-refractivity contribution is 0.0694. The first-order valence-electron chi connectivity index (χ1n) is 10.5. The van der Waals surface area contributed by atoms with Crippen molar-refractivity contribution in [2.75, 3.05) is 13.1 Å². The fraction of sp³-hybridized carbons (Fsp3) is 0.391. The highest BCUT2D eigenvalue weighted by atomic mass is 16.6. The number of benzene rings is 2. The van der Waals surface area contributed by atoms with Gasteiger partial charge < -0.3 is 9.32 Å². The molecule has 31 heavy (non-hydrogen) atoms. The summed E-state index contributed by atoms with van der Waals surface area (Å²) in [5.41, 5.74) is 4.30. The first-order chi connectivity index (χ1) is 14.8. The minimum absolute atomic E-state index is 0.00441. The molecule has 0 atom stereocenters. The number of hydrogen-bond donors (Lipinski definition) is 0. The minimum Gasteiger partial charge on any atom is -0.408 e. The Morgan fingerprint density at radius 1 is 1.03 bits per heavy atom. The lowest BCUT2D eigenvalue weighted by Gasteiger charge is -2.32. The van der Waals surface area contributed by atoms with Crippen molar-refractivity contribution in [3.8, 4) is 0 Å². The van der Waals surface area contributed by atoms with Gasteiger partial charge in [0.05, 0.1) is 5.52 Å². The smallest absolute Gasteiger partial charge is 0.408 e. The topological polar surface area (TPSA) is 94.4 Å². The molecule has 8 heteroatoms. The Morgan fingerprint density at radius 2 is 1.77 bits per heavy atom. The molecule has 1 fully saturated rings. The number of rotatable bonds is 2. The van der Waals surface area contributed by atoms with Gasteiger partial charge in [0.25, 0.3) is 5.91 Å². The molecule has 4 aromatic rings. The van der Waals surface area contributed by atoms with Gasteiger partial charge in [-0.15, -0.1) is 0 Å². The SMILES string of the molecule is CC(C)(C)c1ccc2oc(=O)n(C3CCN(C(=O)c4ccc5nonc5c4)CC3)c2c1. The summed E-state index contributed by atoms with van der Waals surface area (Å²) in [6.07, 6.45) is 1.38. The van der Waals surface area contributed by atoms with Crippen LogP contribution in [0, 0.1) is 0 Å². The Morgan fingerprint density at radius 3 is 2.52 bits per heavy atom. The Hall–Kier alpha value is -3.42. The van der Waals surface area contributed by atoms with Crippen molar-refractivity contribution in [3.05, 3.63) is 58.1 Å². The summed E-state index contributed by atoms with van der Waals surface area (Å²) in [6.45, 7) is 7.57. The maximum Gasteiger partial charge on any atom is 0.420 e. The quantitative estimate of drug-likeness (QED) is 0.488.